The molecule has 1 aliphatic rings. The molecule has 0 unspecified atom stereocenters. The number of para-hydroxylation sites is 1. The standard InChI is InChI=1S/C21H27N3O5S2/c1-30(26,27)23-20-12-5-4-9-18(20)16-22-21(25)17-10-8-11-19(15-17)31(28,29)24-13-6-2-3-7-14-24/h4-5,8-12,15,23H,2-3,6-7,13-14,16H2,1H3,(H,22,25). The van der Waals surface area contributed by atoms with Crippen LogP contribution in [-0.4, -0.2) is 46.4 Å². The molecule has 0 radical (unpaired) electrons. The van der Waals surface area contributed by atoms with Crippen molar-refractivity contribution >= 4 is 31.6 Å². The fourth-order valence-corrected chi connectivity index (χ4v) is 5.64. The molecular formula is C21H27N3O5S2. The summed E-state index contributed by atoms with van der Waals surface area (Å²) >= 11 is 0. The van der Waals surface area contributed by atoms with Crippen LogP contribution in [-0.2, 0) is 26.6 Å². The molecule has 0 atom stereocenters. The van der Waals surface area contributed by atoms with E-state index in [2.05, 4.69) is 10.0 Å². The Labute approximate surface area is 183 Å². The lowest BCUT2D eigenvalue weighted by Gasteiger charge is -2.20. The van der Waals surface area contributed by atoms with Gasteiger partial charge in [-0.15, -0.1) is 0 Å². The minimum Gasteiger partial charge on any atom is -0.348 e. The quantitative estimate of drug-likeness (QED) is 0.653. The van der Waals surface area contributed by atoms with Crippen molar-refractivity contribution in [2.75, 3.05) is 24.1 Å². The second kappa shape index (κ2) is 9.80. The van der Waals surface area contributed by atoms with Crippen LogP contribution in [0.5, 0.6) is 0 Å². The minimum atomic E-state index is -3.66. The van der Waals surface area contributed by atoms with Gasteiger partial charge in [0.2, 0.25) is 20.0 Å². The van der Waals surface area contributed by atoms with Gasteiger partial charge in [-0.3, -0.25) is 9.52 Å². The van der Waals surface area contributed by atoms with E-state index < -0.39 is 26.0 Å². The number of nitrogens with one attached hydrogen (secondary N) is 2. The van der Waals surface area contributed by atoms with E-state index in [-0.39, 0.29) is 17.0 Å². The fourth-order valence-electron chi connectivity index (χ4n) is 3.48. The van der Waals surface area contributed by atoms with Gasteiger partial charge in [0.05, 0.1) is 16.8 Å². The molecule has 3 rings (SSSR count). The molecule has 0 aliphatic carbocycles. The van der Waals surface area contributed by atoms with E-state index in [1.54, 1.807) is 36.4 Å². The Kier molecular flexibility index (Phi) is 7.34. The van der Waals surface area contributed by atoms with Crippen LogP contribution in [0.1, 0.15) is 41.6 Å². The number of sulfonamides is 2. The normalized spacial score (nSPS) is 15.8. The highest BCUT2D eigenvalue weighted by Crippen LogP contribution is 2.21. The van der Waals surface area contributed by atoms with Crippen molar-refractivity contribution in [3.8, 4) is 0 Å². The maximum atomic E-state index is 13.0. The zero-order chi connectivity index (χ0) is 22.5. The number of carbonyl (C=O) groups excluding carboxylic acids is 1. The maximum Gasteiger partial charge on any atom is 0.251 e. The molecule has 10 heteroatoms. The number of carbonyl (C=O) groups is 1. The Hall–Kier alpha value is -2.43. The third-order valence-electron chi connectivity index (χ3n) is 5.05. The summed E-state index contributed by atoms with van der Waals surface area (Å²) < 4.78 is 53.0. The van der Waals surface area contributed by atoms with Crippen molar-refractivity contribution in [3.05, 3.63) is 59.7 Å². The Bertz CT molecular complexity index is 1140. The fraction of sp³-hybridized carbons (Fsp3) is 0.381. The number of amides is 1. The van der Waals surface area contributed by atoms with Gasteiger partial charge in [-0.2, -0.15) is 4.31 Å². The van der Waals surface area contributed by atoms with Crippen molar-refractivity contribution in [3.63, 3.8) is 0 Å². The molecular weight excluding hydrogens is 438 g/mol. The molecule has 0 spiro atoms. The molecule has 31 heavy (non-hydrogen) atoms. The molecule has 168 valence electrons. The third kappa shape index (κ3) is 6.28. The molecule has 8 nitrogen and oxygen atoms in total. The van der Waals surface area contributed by atoms with E-state index in [1.165, 1.54) is 16.4 Å². The van der Waals surface area contributed by atoms with Crippen LogP contribution in [0.4, 0.5) is 5.69 Å². The van der Waals surface area contributed by atoms with Crippen LogP contribution >= 0.6 is 0 Å². The Balaban J connectivity index is 1.74. The first kappa shape index (κ1) is 23.2. The van der Waals surface area contributed by atoms with Gasteiger partial charge >= 0.3 is 0 Å². The summed E-state index contributed by atoms with van der Waals surface area (Å²) in [5, 5.41) is 2.73. The van der Waals surface area contributed by atoms with Crippen molar-refractivity contribution < 1.29 is 21.6 Å². The van der Waals surface area contributed by atoms with Crippen molar-refractivity contribution in [2.24, 2.45) is 0 Å². The van der Waals surface area contributed by atoms with E-state index >= 15 is 0 Å². The zero-order valence-electron chi connectivity index (χ0n) is 17.4. The molecule has 1 saturated heterocycles. The van der Waals surface area contributed by atoms with Crippen LogP contribution in [0.3, 0.4) is 0 Å². The summed E-state index contributed by atoms with van der Waals surface area (Å²) in [6.07, 6.45) is 4.76. The lowest BCUT2D eigenvalue weighted by atomic mass is 10.1. The van der Waals surface area contributed by atoms with Gasteiger partial charge in [0.15, 0.2) is 0 Å². The van der Waals surface area contributed by atoms with Crippen LogP contribution in [0.15, 0.2) is 53.4 Å². The summed E-state index contributed by atoms with van der Waals surface area (Å²) in [5.41, 5.74) is 1.20. The summed E-state index contributed by atoms with van der Waals surface area (Å²) in [6.45, 7) is 1.06. The predicted octanol–water partition coefficient (Wildman–Crippen LogP) is 2.55. The molecule has 2 aromatic rings. The summed E-state index contributed by atoms with van der Waals surface area (Å²) in [4.78, 5) is 12.8. The lowest BCUT2D eigenvalue weighted by molar-refractivity contribution is 0.0951. The van der Waals surface area contributed by atoms with Crippen molar-refractivity contribution in [1.29, 1.82) is 0 Å². The molecule has 1 amide bonds. The average molecular weight is 466 g/mol. The van der Waals surface area contributed by atoms with Gasteiger partial charge in [0.25, 0.3) is 5.91 Å². The van der Waals surface area contributed by atoms with Gasteiger partial charge in [0.1, 0.15) is 0 Å². The lowest BCUT2D eigenvalue weighted by Crippen LogP contribution is -2.32. The van der Waals surface area contributed by atoms with Crippen LogP contribution < -0.4 is 10.0 Å². The van der Waals surface area contributed by atoms with Gasteiger partial charge in [-0.05, 0) is 42.7 Å². The Morgan fingerprint density at radius 3 is 2.29 bits per heavy atom. The van der Waals surface area contributed by atoms with Crippen molar-refractivity contribution in [2.45, 2.75) is 37.1 Å². The number of anilines is 1. The molecule has 1 fully saturated rings. The largest absolute Gasteiger partial charge is 0.348 e. The number of hydrogen-bond donors (Lipinski definition) is 2. The van der Waals surface area contributed by atoms with Gasteiger partial charge in [0, 0.05) is 25.2 Å². The summed E-state index contributed by atoms with van der Waals surface area (Å²) in [6, 6.07) is 12.7. The molecule has 1 aliphatic heterocycles. The van der Waals surface area contributed by atoms with E-state index in [4.69, 9.17) is 0 Å². The SMILES string of the molecule is CS(=O)(=O)Nc1ccccc1CNC(=O)c1cccc(S(=O)(=O)N2CCCCCC2)c1. The van der Waals surface area contributed by atoms with E-state index in [0.29, 0.717) is 24.3 Å². The second-order valence-electron chi connectivity index (χ2n) is 7.56. The van der Waals surface area contributed by atoms with Crippen LogP contribution in [0.25, 0.3) is 0 Å². The molecule has 0 saturated carbocycles. The maximum absolute atomic E-state index is 13.0. The van der Waals surface area contributed by atoms with Crippen LogP contribution in [0.2, 0.25) is 0 Å². The molecule has 0 bridgehead atoms. The minimum absolute atomic E-state index is 0.0840. The molecule has 2 N–H and O–H groups in total. The number of nitrogens with zero attached hydrogens (tertiary/aromatic N) is 1. The number of benzene rings is 2. The Morgan fingerprint density at radius 2 is 1.61 bits per heavy atom. The van der Waals surface area contributed by atoms with E-state index in [0.717, 1.165) is 31.9 Å². The monoisotopic (exact) mass is 465 g/mol. The van der Waals surface area contributed by atoms with Crippen molar-refractivity contribution in [1.82, 2.24) is 9.62 Å². The second-order valence-corrected chi connectivity index (χ2v) is 11.2. The van der Waals surface area contributed by atoms with Gasteiger partial charge in [-0.25, -0.2) is 16.8 Å². The molecule has 0 aromatic heterocycles. The summed E-state index contributed by atoms with van der Waals surface area (Å²) in [7, 11) is -7.12. The predicted molar refractivity (Wildman–Crippen MR) is 120 cm³/mol. The highest BCUT2D eigenvalue weighted by molar-refractivity contribution is 7.92. The third-order valence-corrected chi connectivity index (χ3v) is 7.54. The molecule has 1 heterocycles. The first-order chi connectivity index (χ1) is 14.7. The van der Waals surface area contributed by atoms with E-state index in [1.807, 2.05) is 0 Å². The van der Waals surface area contributed by atoms with Gasteiger partial charge < -0.3 is 5.32 Å². The first-order valence-electron chi connectivity index (χ1n) is 10.1. The highest BCUT2D eigenvalue weighted by atomic mass is 32.2. The highest BCUT2D eigenvalue weighted by Gasteiger charge is 2.25. The smallest absolute Gasteiger partial charge is 0.251 e. The zero-order valence-corrected chi connectivity index (χ0v) is 19.0. The Morgan fingerprint density at radius 1 is 0.935 bits per heavy atom. The van der Waals surface area contributed by atoms with E-state index in [9.17, 15) is 21.6 Å². The first-order valence-corrected chi connectivity index (χ1v) is 13.4. The topological polar surface area (TPSA) is 113 Å². The van der Waals surface area contributed by atoms with Gasteiger partial charge in [-0.1, -0.05) is 37.1 Å². The number of hydrogen-bond acceptors (Lipinski definition) is 5. The molecule has 2 aromatic carbocycles. The average Bonchev–Trinajstić information content (AvgIpc) is 3.02. The summed E-state index contributed by atoms with van der Waals surface area (Å²) in [5.74, 6) is -0.443. The number of rotatable bonds is 7. The van der Waals surface area contributed by atoms with Crippen LogP contribution in [0, 0.1) is 0 Å².